The van der Waals surface area contributed by atoms with Crippen LogP contribution in [0.15, 0.2) is 152 Å². The van der Waals surface area contributed by atoms with Crippen molar-refractivity contribution in [3.8, 4) is 11.5 Å². The quantitative estimate of drug-likeness (QED) is 0.0542. The third-order valence-corrected chi connectivity index (χ3v) is 9.53. The number of carbonyl (C=O) groups excluding carboxylic acids is 1. The first kappa shape index (κ1) is 37.8. The smallest absolute Gasteiger partial charge is 0.193 e. The summed E-state index contributed by atoms with van der Waals surface area (Å²) in [6.07, 6.45) is 0. The van der Waals surface area contributed by atoms with Gasteiger partial charge in [-0.1, -0.05) is 42.1 Å². The van der Waals surface area contributed by atoms with E-state index in [0.717, 1.165) is 24.5 Å². The summed E-state index contributed by atoms with van der Waals surface area (Å²) in [6, 6.07) is 41.6. The summed E-state index contributed by atoms with van der Waals surface area (Å²) in [6.45, 7) is 0.450. The second-order valence-electron chi connectivity index (χ2n) is 10.1. The van der Waals surface area contributed by atoms with Crippen LogP contribution in [0, 0.1) is 0 Å². The largest absolute Gasteiger partial charge is 0.491 e. The van der Waals surface area contributed by atoms with Gasteiger partial charge in [0.15, 0.2) is 20.5 Å². The van der Waals surface area contributed by atoms with Gasteiger partial charge in [0.25, 0.3) is 0 Å². The zero-order chi connectivity index (χ0) is 35.6. The molecule has 0 saturated heterocycles. The molecule has 0 amide bonds. The van der Waals surface area contributed by atoms with Gasteiger partial charge in [0, 0.05) is 20.9 Å². The summed E-state index contributed by atoms with van der Waals surface area (Å²) in [5.74, 6) is 1.45. The van der Waals surface area contributed by atoms with Crippen molar-refractivity contribution in [2.24, 2.45) is 0 Å². The molecule has 0 aromatic heterocycles. The number of halogens is 6. The molecule has 0 spiro atoms. The molecule has 0 radical (unpaired) electrons. The van der Waals surface area contributed by atoms with Crippen LogP contribution in [0.1, 0.15) is 15.9 Å². The minimum atomic E-state index is -10.7. The van der Waals surface area contributed by atoms with Gasteiger partial charge < -0.3 is 19.7 Å². The van der Waals surface area contributed by atoms with Gasteiger partial charge in [0.1, 0.15) is 24.7 Å². The molecule has 0 aliphatic rings. The molecular formula is C35H31F6O5PS2. The zero-order valence-electron chi connectivity index (χ0n) is 25.6. The van der Waals surface area contributed by atoms with Crippen molar-refractivity contribution in [3.63, 3.8) is 0 Å². The zero-order valence-corrected chi connectivity index (χ0v) is 28.1. The molecule has 0 saturated carbocycles. The minimum absolute atomic E-state index is 0.0181. The van der Waals surface area contributed by atoms with Gasteiger partial charge in [-0.15, -0.1) is 0 Å². The normalized spacial score (nSPS) is 12.7. The van der Waals surface area contributed by atoms with Gasteiger partial charge >= 0.3 is 33.0 Å². The first-order valence-corrected chi connectivity index (χ1v) is 18.6. The predicted molar refractivity (Wildman–Crippen MR) is 181 cm³/mol. The van der Waals surface area contributed by atoms with E-state index in [9.17, 15) is 30.0 Å². The van der Waals surface area contributed by atoms with Crippen molar-refractivity contribution in [2.45, 2.75) is 24.5 Å². The van der Waals surface area contributed by atoms with E-state index in [1.54, 1.807) is 11.8 Å². The third kappa shape index (κ3) is 13.4. The maximum Gasteiger partial charge on any atom is 0.193 e. The summed E-state index contributed by atoms with van der Waals surface area (Å²) >= 11 is 1.65. The summed E-state index contributed by atoms with van der Waals surface area (Å²) < 4.78 is 70.3. The van der Waals surface area contributed by atoms with Crippen LogP contribution in [-0.2, 0) is 10.9 Å². The molecule has 0 bridgehead atoms. The van der Waals surface area contributed by atoms with Crippen LogP contribution >= 0.6 is 19.6 Å². The Hall–Kier alpha value is -4.00. The number of aliphatic hydroxyl groups excluding tert-OH is 2. The molecule has 2 N–H and O–H groups in total. The second kappa shape index (κ2) is 15.7. The van der Waals surface area contributed by atoms with Gasteiger partial charge in [-0.05, 0) is 97.1 Å². The molecule has 0 aliphatic heterocycles. The van der Waals surface area contributed by atoms with E-state index in [1.807, 2.05) is 78.9 Å². The number of hydrogen-bond acceptors (Lipinski definition) is 6. The molecule has 49 heavy (non-hydrogen) atoms. The van der Waals surface area contributed by atoms with Crippen molar-refractivity contribution < 1.29 is 49.7 Å². The fourth-order valence-electron chi connectivity index (χ4n) is 4.29. The summed E-state index contributed by atoms with van der Waals surface area (Å²) in [7, 11) is -11.0. The molecule has 0 fully saturated rings. The molecule has 0 atom stereocenters. The van der Waals surface area contributed by atoms with Crippen LogP contribution in [0.4, 0.5) is 25.2 Å². The maximum absolute atomic E-state index is 12.7. The average Bonchev–Trinajstić information content (AvgIpc) is 3.07. The van der Waals surface area contributed by atoms with Gasteiger partial charge in [-0.25, -0.2) is 0 Å². The molecule has 5 rings (SSSR count). The first-order chi connectivity index (χ1) is 23.1. The molecule has 0 aliphatic carbocycles. The predicted octanol–water partition coefficient (Wildman–Crippen LogP) is 10.3. The number of rotatable bonds is 13. The van der Waals surface area contributed by atoms with Crippen molar-refractivity contribution in [2.75, 3.05) is 26.4 Å². The Morgan fingerprint density at radius 2 is 0.898 bits per heavy atom. The average molecular weight is 741 g/mol. The van der Waals surface area contributed by atoms with Crippen LogP contribution in [0.3, 0.4) is 0 Å². The van der Waals surface area contributed by atoms with Gasteiger partial charge in [-0.2, -0.15) is 0 Å². The monoisotopic (exact) mass is 740 g/mol. The van der Waals surface area contributed by atoms with E-state index in [4.69, 9.17) is 19.7 Å². The fourth-order valence-corrected chi connectivity index (χ4v) is 7.15. The second-order valence-corrected chi connectivity index (χ2v) is 15.2. The number of ether oxygens (including phenoxy) is 2. The van der Waals surface area contributed by atoms with Crippen LogP contribution in [0.5, 0.6) is 11.5 Å². The molecule has 0 unspecified atom stereocenters. The Morgan fingerprint density at radius 1 is 0.551 bits per heavy atom. The topological polar surface area (TPSA) is 76.0 Å². The van der Waals surface area contributed by atoms with E-state index >= 15 is 0 Å². The standard InChI is InChI=1S/C35H31O5S2.F6P/c36-22-24-39-28-8-16-32(17-9-28)42(33-18-10-29(11-19-33)40-25-23-37)34-20-14-31(15-21-34)41-30-12-6-27(7-13-30)35(38)26-4-2-1-3-5-26;1-7(2,3,4,5)6/h1-21,36-37H,22-25H2;/q+1;-1. The number of aliphatic hydroxyl groups is 2. The van der Waals surface area contributed by atoms with Crippen LogP contribution in [0.2, 0.25) is 0 Å². The molecule has 5 aromatic rings. The molecule has 5 nitrogen and oxygen atoms in total. The SMILES string of the molecule is F[P-](F)(F)(F)(F)F.O=C(c1ccccc1)c1ccc(Sc2ccc([S+](c3ccc(OCCO)cc3)c3ccc(OCCO)cc3)cc2)cc1. The number of ketones is 1. The van der Waals surface area contributed by atoms with Gasteiger partial charge in [0.2, 0.25) is 0 Å². The Bertz CT molecular complexity index is 1730. The Kier molecular flexibility index (Phi) is 12.1. The van der Waals surface area contributed by atoms with E-state index in [1.165, 1.54) is 0 Å². The van der Waals surface area contributed by atoms with E-state index < -0.39 is 7.81 Å². The van der Waals surface area contributed by atoms with Crippen molar-refractivity contribution in [1.82, 2.24) is 0 Å². The Morgan fingerprint density at radius 3 is 1.29 bits per heavy atom. The number of benzene rings is 5. The molecule has 5 aromatic carbocycles. The van der Waals surface area contributed by atoms with Gasteiger partial charge in [-0.3, -0.25) is 4.79 Å². The minimum Gasteiger partial charge on any atom is -0.491 e. The Labute approximate surface area is 286 Å². The van der Waals surface area contributed by atoms with E-state index in [-0.39, 0.29) is 43.1 Å². The molecule has 0 heterocycles. The molecular weight excluding hydrogens is 709 g/mol. The van der Waals surface area contributed by atoms with Crippen LogP contribution in [-0.4, -0.2) is 42.4 Å². The number of carbonyl (C=O) groups is 1. The van der Waals surface area contributed by atoms with Crippen molar-refractivity contribution >= 4 is 36.2 Å². The first-order valence-electron chi connectivity index (χ1n) is 14.6. The summed E-state index contributed by atoms with van der Waals surface area (Å²) in [5, 5.41) is 18.1. The fraction of sp³-hybridized carbons (Fsp3) is 0.114. The van der Waals surface area contributed by atoms with E-state index in [2.05, 4.69) is 48.5 Å². The molecule has 260 valence electrons. The van der Waals surface area contributed by atoms with Crippen molar-refractivity contribution in [1.29, 1.82) is 0 Å². The molecule has 14 heteroatoms. The third-order valence-electron chi connectivity index (χ3n) is 6.29. The summed E-state index contributed by atoms with van der Waals surface area (Å²) in [4.78, 5) is 18.3. The number of hydrogen-bond donors (Lipinski definition) is 2. The summed E-state index contributed by atoms with van der Waals surface area (Å²) in [5.41, 5.74) is 1.36. The van der Waals surface area contributed by atoms with E-state index in [0.29, 0.717) is 22.6 Å². The van der Waals surface area contributed by atoms with Crippen molar-refractivity contribution in [3.05, 3.63) is 139 Å². The van der Waals surface area contributed by atoms with Gasteiger partial charge in [0.05, 0.1) is 24.1 Å². The maximum atomic E-state index is 12.7. The Balaban J connectivity index is 0.000000698. The van der Waals surface area contributed by atoms with Crippen LogP contribution in [0.25, 0.3) is 0 Å². The van der Waals surface area contributed by atoms with Crippen LogP contribution < -0.4 is 9.47 Å².